The lowest BCUT2D eigenvalue weighted by Crippen LogP contribution is -1.90. The van der Waals surface area contributed by atoms with E-state index in [-0.39, 0.29) is 0 Å². The van der Waals surface area contributed by atoms with Crippen LogP contribution in [0.4, 0.5) is 5.69 Å². The number of nitrogens with two attached hydrogens (primary N) is 1. The average molecular weight is 302 g/mol. The fourth-order valence-electron chi connectivity index (χ4n) is 0.870. The van der Waals surface area contributed by atoms with Gasteiger partial charge in [0.2, 0.25) is 0 Å². The van der Waals surface area contributed by atoms with Crippen molar-refractivity contribution in [1.29, 1.82) is 5.26 Å². The summed E-state index contributed by atoms with van der Waals surface area (Å²) < 4.78 is 1.74. The standard InChI is InChI=1S/C9H6Br2N2/c10-7-4-6(2-1-3-12)9(13)8(11)5-7/h1-2,4-5H,13H2. The lowest BCUT2D eigenvalue weighted by Gasteiger charge is -2.03. The van der Waals surface area contributed by atoms with Crippen molar-refractivity contribution in [3.05, 3.63) is 32.7 Å². The Bertz CT molecular complexity index is 391. The van der Waals surface area contributed by atoms with Gasteiger partial charge in [0.25, 0.3) is 0 Å². The molecule has 0 radical (unpaired) electrons. The molecule has 2 nitrogen and oxygen atoms in total. The lowest BCUT2D eigenvalue weighted by molar-refractivity contribution is 1.53. The van der Waals surface area contributed by atoms with Gasteiger partial charge >= 0.3 is 0 Å². The summed E-state index contributed by atoms with van der Waals surface area (Å²) in [6.45, 7) is 0. The zero-order valence-electron chi connectivity index (χ0n) is 6.59. The van der Waals surface area contributed by atoms with Crippen molar-refractivity contribution in [1.82, 2.24) is 0 Å². The zero-order chi connectivity index (χ0) is 9.84. The molecule has 1 rings (SSSR count). The monoisotopic (exact) mass is 300 g/mol. The van der Waals surface area contributed by atoms with Gasteiger partial charge < -0.3 is 5.73 Å². The van der Waals surface area contributed by atoms with Crippen molar-refractivity contribution in [3.8, 4) is 6.07 Å². The third-order valence-electron chi connectivity index (χ3n) is 1.46. The SMILES string of the molecule is N#CC=Cc1cc(Br)cc(Br)c1N. The normalized spacial score (nSPS) is 10.2. The highest BCUT2D eigenvalue weighted by molar-refractivity contribution is 9.11. The molecule has 0 aromatic heterocycles. The third-order valence-corrected chi connectivity index (χ3v) is 2.58. The Morgan fingerprint density at radius 3 is 2.69 bits per heavy atom. The first kappa shape index (κ1) is 10.3. The maximum absolute atomic E-state index is 8.36. The van der Waals surface area contributed by atoms with Crippen LogP contribution in [0.2, 0.25) is 0 Å². The van der Waals surface area contributed by atoms with Crippen LogP contribution >= 0.6 is 31.9 Å². The minimum Gasteiger partial charge on any atom is -0.397 e. The van der Waals surface area contributed by atoms with Crippen LogP contribution < -0.4 is 5.73 Å². The van der Waals surface area contributed by atoms with Crippen LogP contribution in [-0.2, 0) is 0 Å². The van der Waals surface area contributed by atoms with Crippen LogP contribution in [-0.4, -0.2) is 0 Å². The van der Waals surface area contributed by atoms with Gasteiger partial charge in [0.05, 0.1) is 11.8 Å². The highest BCUT2D eigenvalue weighted by Gasteiger charge is 2.01. The summed E-state index contributed by atoms with van der Waals surface area (Å²) in [5.41, 5.74) is 7.22. The zero-order valence-corrected chi connectivity index (χ0v) is 9.76. The van der Waals surface area contributed by atoms with Crippen LogP contribution in [0.3, 0.4) is 0 Å². The predicted molar refractivity (Wildman–Crippen MR) is 60.9 cm³/mol. The molecule has 0 unspecified atom stereocenters. The van der Waals surface area contributed by atoms with E-state index >= 15 is 0 Å². The summed E-state index contributed by atoms with van der Waals surface area (Å²) >= 11 is 6.65. The number of allylic oxidation sites excluding steroid dienone is 1. The summed E-state index contributed by atoms with van der Waals surface area (Å²) in [7, 11) is 0. The molecule has 66 valence electrons. The molecule has 1 aromatic rings. The molecule has 0 aliphatic rings. The van der Waals surface area contributed by atoms with E-state index in [4.69, 9.17) is 11.0 Å². The molecule has 0 aliphatic heterocycles. The van der Waals surface area contributed by atoms with Gasteiger partial charge in [-0.1, -0.05) is 15.9 Å². The minimum atomic E-state index is 0.634. The van der Waals surface area contributed by atoms with Gasteiger partial charge in [-0.15, -0.1) is 0 Å². The molecule has 13 heavy (non-hydrogen) atoms. The quantitative estimate of drug-likeness (QED) is 0.639. The van der Waals surface area contributed by atoms with E-state index in [0.717, 1.165) is 14.5 Å². The number of anilines is 1. The number of hydrogen-bond donors (Lipinski definition) is 1. The van der Waals surface area contributed by atoms with Gasteiger partial charge in [0, 0.05) is 20.6 Å². The van der Waals surface area contributed by atoms with E-state index in [1.165, 1.54) is 6.08 Å². The predicted octanol–water partition coefficient (Wildman–Crippen LogP) is 3.33. The molecule has 0 fully saturated rings. The van der Waals surface area contributed by atoms with Gasteiger partial charge in [-0.2, -0.15) is 5.26 Å². The molecule has 1 aromatic carbocycles. The Morgan fingerprint density at radius 2 is 2.08 bits per heavy atom. The summed E-state index contributed by atoms with van der Waals surface area (Å²) in [5.74, 6) is 0. The number of nitrogens with zero attached hydrogens (tertiary/aromatic N) is 1. The maximum atomic E-state index is 8.36. The topological polar surface area (TPSA) is 49.8 Å². The Kier molecular flexibility index (Phi) is 3.52. The lowest BCUT2D eigenvalue weighted by atomic mass is 10.2. The number of halogens is 2. The van der Waals surface area contributed by atoms with Crippen LogP contribution in [0, 0.1) is 11.3 Å². The largest absolute Gasteiger partial charge is 0.397 e. The van der Waals surface area contributed by atoms with Crippen molar-refractivity contribution < 1.29 is 0 Å². The number of nitriles is 1. The molecule has 0 saturated carbocycles. The van der Waals surface area contributed by atoms with E-state index in [1.54, 1.807) is 6.08 Å². The third kappa shape index (κ3) is 2.58. The van der Waals surface area contributed by atoms with E-state index in [2.05, 4.69) is 31.9 Å². The van der Waals surface area contributed by atoms with Crippen LogP contribution in [0.1, 0.15) is 5.56 Å². The van der Waals surface area contributed by atoms with Gasteiger partial charge in [-0.3, -0.25) is 0 Å². The number of benzene rings is 1. The fraction of sp³-hybridized carbons (Fsp3) is 0. The Balaban J connectivity index is 3.22. The van der Waals surface area contributed by atoms with Crippen LogP contribution in [0.5, 0.6) is 0 Å². The molecule has 2 N–H and O–H groups in total. The molecule has 4 heteroatoms. The van der Waals surface area contributed by atoms with E-state index in [9.17, 15) is 0 Å². The van der Waals surface area contributed by atoms with E-state index in [1.807, 2.05) is 18.2 Å². The number of rotatable bonds is 1. The van der Waals surface area contributed by atoms with Crippen LogP contribution in [0.15, 0.2) is 27.2 Å². The molecule has 0 heterocycles. The summed E-state index contributed by atoms with van der Waals surface area (Å²) in [6, 6.07) is 5.63. The minimum absolute atomic E-state index is 0.634. The highest BCUT2D eigenvalue weighted by Crippen LogP contribution is 2.28. The molecule has 0 bridgehead atoms. The molecule has 0 spiro atoms. The van der Waals surface area contributed by atoms with Crippen LogP contribution in [0.25, 0.3) is 6.08 Å². The second kappa shape index (κ2) is 4.45. The van der Waals surface area contributed by atoms with E-state index in [0.29, 0.717) is 5.69 Å². The first-order chi connectivity index (χ1) is 6.15. The Hall–Kier alpha value is -0.790. The second-order valence-corrected chi connectivity index (χ2v) is 4.12. The first-order valence-corrected chi connectivity index (χ1v) is 5.04. The van der Waals surface area contributed by atoms with Crippen molar-refractivity contribution in [2.45, 2.75) is 0 Å². The highest BCUT2D eigenvalue weighted by atomic mass is 79.9. The molecule has 0 amide bonds. The maximum Gasteiger partial charge on any atom is 0.0912 e. The van der Waals surface area contributed by atoms with Crippen molar-refractivity contribution in [2.75, 3.05) is 5.73 Å². The molecular weight excluding hydrogens is 296 g/mol. The van der Waals surface area contributed by atoms with Crippen molar-refractivity contribution in [3.63, 3.8) is 0 Å². The number of hydrogen-bond acceptors (Lipinski definition) is 2. The van der Waals surface area contributed by atoms with Crippen molar-refractivity contribution >= 4 is 43.6 Å². The number of nitrogen functional groups attached to an aromatic ring is 1. The second-order valence-electron chi connectivity index (χ2n) is 2.35. The molecule has 0 saturated heterocycles. The van der Waals surface area contributed by atoms with Gasteiger partial charge in [0.15, 0.2) is 0 Å². The summed E-state index contributed by atoms with van der Waals surface area (Å²) in [5, 5.41) is 8.36. The fourth-order valence-corrected chi connectivity index (χ4v) is 2.13. The van der Waals surface area contributed by atoms with Crippen molar-refractivity contribution in [2.24, 2.45) is 0 Å². The average Bonchev–Trinajstić information content (AvgIpc) is 2.09. The van der Waals surface area contributed by atoms with Gasteiger partial charge in [-0.05, 0) is 34.1 Å². The smallest absolute Gasteiger partial charge is 0.0912 e. The molecule has 0 aliphatic carbocycles. The van der Waals surface area contributed by atoms with Gasteiger partial charge in [0.1, 0.15) is 0 Å². The van der Waals surface area contributed by atoms with E-state index < -0.39 is 0 Å². The summed E-state index contributed by atoms with van der Waals surface area (Å²) in [6.07, 6.45) is 3.06. The molecular formula is C9H6Br2N2. The molecule has 0 atom stereocenters. The Morgan fingerprint density at radius 1 is 1.38 bits per heavy atom. The Labute approximate surface area is 93.3 Å². The first-order valence-electron chi connectivity index (χ1n) is 3.46. The summed E-state index contributed by atoms with van der Waals surface area (Å²) in [4.78, 5) is 0. The van der Waals surface area contributed by atoms with Gasteiger partial charge in [-0.25, -0.2) is 0 Å².